The lowest BCUT2D eigenvalue weighted by Gasteiger charge is -1.96. The fraction of sp³-hybridized carbons (Fsp3) is 0.273. The molecule has 0 unspecified atom stereocenters. The fourth-order valence-corrected chi connectivity index (χ4v) is 1.23. The summed E-state index contributed by atoms with van der Waals surface area (Å²) in [5.74, 6) is 0. The van der Waals surface area contributed by atoms with Gasteiger partial charge in [-0.2, -0.15) is 0 Å². The van der Waals surface area contributed by atoms with Gasteiger partial charge in [0, 0.05) is 0 Å². The zero-order valence-electron chi connectivity index (χ0n) is 6.59. The molecule has 56 valence electrons. The van der Waals surface area contributed by atoms with E-state index >= 15 is 0 Å². The third-order valence-corrected chi connectivity index (χ3v) is 2.07. The normalized spacial score (nSPS) is 14.4. The highest BCUT2D eigenvalue weighted by atomic mass is 14.1. The Balaban J connectivity index is 1.90. The Morgan fingerprint density at radius 1 is 1.00 bits per heavy atom. The Hall–Kier alpha value is -1.04. The van der Waals surface area contributed by atoms with Gasteiger partial charge in [-0.25, -0.2) is 0 Å². The zero-order valence-corrected chi connectivity index (χ0v) is 6.59. The smallest absolute Gasteiger partial charge is 0.0136 e. The monoisotopic (exact) mass is 144 g/mol. The molecule has 0 amide bonds. The maximum Gasteiger partial charge on any atom is -0.0136 e. The highest BCUT2D eigenvalue weighted by Gasteiger charge is 2.05. The van der Waals surface area contributed by atoms with Gasteiger partial charge in [0.2, 0.25) is 0 Å². The number of aryl methyl sites for hydroxylation is 1. The molecule has 0 heterocycles. The average Bonchev–Trinajstić information content (AvgIpc) is 2.86. The minimum absolute atomic E-state index is 1.21. The zero-order chi connectivity index (χ0) is 7.52. The highest BCUT2D eigenvalue weighted by Crippen LogP contribution is 2.23. The molecule has 11 heavy (non-hydrogen) atoms. The van der Waals surface area contributed by atoms with Crippen LogP contribution in [0.25, 0.3) is 0 Å². The molecule has 2 rings (SSSR count). The van der Waals surface area contributed by atoms with E-state index in [1.165, 1.54) is 24.8 Å². The molecule has 0 saturated carbocycles. The van der Waals surface area contributed by atoms with Crippen molar-refractivity contribution < 1.29 is 0 Å². The van der Waals surface area contributed by atoms with E-state index in [0.717, 1.165) is 0 Å². The Morgan fingerprint density at radius 3 is 2.36 bits per heavy atom. The molecule has 0 bridgehead atoms. The molecule has 0 atom stereocenters. The second-order valence-electron chi connectivity index (χ2n) is 3.05. The van der Waals surface area contributed by atoms with Crippen molar-refractivity contribution >= 4 is 0 Å². The van der Waals surface area contributed by atoms with Gasteiger partial charge < -0.3 is 0 Å². The Morgan fingerprint density at radius 2 is 1.73 bits per heavy atom. The van der Waals surface area contributed by atoms with Gasteiger partial charge in [-0.3, -0.25) is 0 Å². The van der Waals surface area contributed by atoms with Gasteiger partial charge in [-0.15, -0.1) is 0 Å². The molecular formula is C11H12. The van der Waals surface area contributed by atoms with Crippen LogP contribution in [0.2, 0.25) is 0 Å². The van der Waals surface area contributed by atoms with Crippen molar-refractivity contribution in [1.82, 2.24) is 0 Å². The average molecular weight is 144 g/mol. The van der Waals surface area contributed by atoms with Crippen LogP contribution in [0.3, 0.4) is 0 Å². The summed E-state index contributed by atoms with van der Waals surface area (Å²) < 4.78 is 0. The first-order chi connectivity index (χ1) is 5.45. The molecule has 0 aliphatic heterocycles. The van der Waals surface area contributed by atoms with Crippen molar-refractivity contribution in [2.75, 3.05) is 0 Å². The molecule has 0 spiro atoms. The summed E-state index contributed by atoms with van der Waals surface area (Å²) in [6.45, 7) is 0. The van der Waals surface area contributed by atoms with Gasteiger partial charge in [0.15, 0.2) is 0 Å². The quantitative estimate of drug-likeness (QED) is 0.572. The lowest BCUT2D eigenvalue weighted by Crippen LogP contribution is -1.81. The lowest BCUT2D eigenvalue weighted by atomic mass is 10.1. The molecule has 0 nitrogen and oxygen atoms in total. The van der Waals surface area contributed by atoms with E-state index in [9.17, 15) is 0 Å². The van der Waals surface area contributed by atoms with E-state index in [-0.39, 0.29) is 0 Å². The van der Waals surface area contributed by atoms with Crippen molar-refractivity contribution in [3.63, 3.8) is 0 Å². The summed E-state index contributed by atoms with van der Waals surface area (Å²) in [5, 5.41) is 0. The topological polar surface area (TPSA) is 0 Å². The lowest BCUT2D eigenvalue weighted by molar-refractivity contribution is 0.967. The van der Waals surface area contributed by atoms with Crippen molar-refractivity contribution in [3.05, 3.63) is 47.5 Å². The molecule has 0 radical (unpaired) electrons. The standard InChI is InChI=1S/C11H12/c1-2-4-10(5-3-1)6-7-11-8-9-11/h1-5,8H,6-7,9H2. The van der Waals surface area contributed by atoms with Crippen LogP contribution in [0.1, 0.15) is 18.4 Å². The summed E-state index contributed by atoms with van der Waals surface area (Å²) in [6, 6.07) is 10.7. The molecule has 1 aliphatic carbocycles. The van der Waals surface area contributed by atoms with Gasteiger partial charge in [0.1, 0.15) is 0 Å². The van der Waals surface area contributed by atoms with Crippen LogP contribution < -0.4 is 0 Å². The SMILES string of the molecule is C1=C(CCc2ccccc2)C1. The first-order valence-corrected chi connectivity index (χ1v) is 4.17. The van der Waals surface area contributed by atoms with Crippen LogP contribution in [0.4, 0.5) is 0 Å². The highest BCUT2D eigenvalue weighted by molar-refractivity contribution is 5.24. The maximum absolute atomic E-state index is 2.31. The molecule has 1 aromatic carbocycles. The minimum Gasteiger partial charge on any atom is -0.0809 e. The third kappa shape index (κ3) is 1.94. The van der Waals surface area contributed by atoms with E-state index in [0.29, 0.717) is 0 Å². The van der Waals surface area contributed by atoms with Gasteiger partial charge in [-0.05, 0) is 24.8 Å². The van der Waals surface area contributed by atoms with Crippen LogP contribution in [0.15, 0.2) is 42.0 Å². The second-order valence-corrected chi connectivity index (χ2v) is 3.05. The van der Waals surface area contributed by atoms with E-state index in [1.54, 1.807) is 5.57 Å². The van der Waals surface area contributed by atoms with E-state index < -0.39 is 0 Å². The van der Waals surface area contributed by atoms with Crippen LogP contribution in [-0.4, -0.2) is 0 Å². The molecule has 1 aromatic rings. The van der Waals surface area contributed by atoms with Crippen molar-refractivity contribution in [3.8, 4) is 0 Å². The molecule has 0 heteroatoms. The number of allylic oxidation sites excluding steroid dienone is 2. The van der Waals surface area contributed by atoms with E-state index in [2.05, 4.69) is 36.4 Å². The maximum atomic E-state index is 2.31. The van der Waals surface area contributed by atoms with Gasteiger partial charge >= 0.3 is 0 Å². The number of hydrogen-bond acceptors (Lipinski definition) is 0. The first kappa shape index (κ1) is 6.66. The van der Waals surface area contributed by atoms with Gasteiger partial charge in [0.05, 0.1) is 0 Å². The molecule has 1 aliphatic rings. The Bertz CT molecular complexity index is 257. The summed E-state index contributed by atoms with van der Waals surface area (Å²) in [5.41, 5.74) is 3.09. The molecule has 0 fully saturated rings. The summed E-state index contributed by atoms with van der Waals surface area (Å²) in [4.78, 5) is 0. The van der Waals surface area contributed by atoms with Crippen LogP contribution in [0, 0.1) is 0 Å². The molecular weight excluding hydrogens is 132 g/mol. The van der Waals surface area contributed by atoms with Crippen LogP contribution in [-0.2, 0) is 6.42 Å². The van der Waals surface area contributed by atoms with Crippen molar-refractivity contribution in [2.45, 2.75) is 19.3 Å². The van der Waals surface area contributed by atoms with Crippen molar-refractivity contribution in [2.24, 2.45) is 0 Å². The fourth-order valence-electron chi connectivity index (χ4n) is 1.23. The minimum atomic E-state index is 1.21. The number of rotatable bonds is 3. The van der Waals surface area contributed by atoms with Gasteiger partial charge in [0.25, 0.3) is 0 Å². The molecule has 0 saturated heterocycles. The Kier molecular flexibility index (Phi) is 1.76. The van der Waals surface area contributed by atoms with Crippen LogP contribution >= 0.6 is 0 Å². The predicted octanol–water partition coefficient (Wildman–Crippen LogP) is 2.95. The second kappa shape index (κ2) is 2.91. The van der Waals surface area contributed by atoms with Gasteiger partial charge in [-0.1, -0.05) is 42.0 Å². The number of benzene rings is 1. The first-order valence-electron chi connectivity index (χ1n) is 4.17. The van der Waals surface area contributed by atoms with E-state index in [1.807, 2.05) is 0 Å². The molecule has 0 N–H and O–H groups in total. The number of hydrogen-bond donors (Lipinski definition) is 0. The predicted molar refractivity (Wildman–Crippen MR) is 47.5 cm³/mol. The largest absolute Gasteiger partial charge is 0.0809 e. The van der Waals surface area contributed by atoms with Crippen molar-refractivity contribution in [1.29, 1.82) is 0 Å². The summed E-state index contributed by atoms with van der Waals surface area (Å²) >= 11 is 0. The van der Waals surface area contributed by atoms with Crippen LogP contribution in [0.5, 0.6) is 0 Å². The van der Waals surface area contributed by atoms with E-state index in [4.69, 9.17) is 0 Å². The Labute approximate surface area is 67.6 Å². The third-order valence-electron chi connectivity index (χ3n) is 2.07. The summed E-state index contributed by atoms with van der Waals surface area (Å²) in [6.07, 6.45) is 6.06. The molecule has 0 aromatic heterocycles. The summed E-state index contributed by atoms with van der Waals surface area (Å²) in [7, 11) is 0.